The summed E-state index contributed by atoms with van der Waals surface area (Å²) in [4.78, 5) is 6.96. The Balaban J connectivity index is 1.79. The lowest BCUT2D eigenvalue weighted by atomic mass is 9.98. The smallest absolute Gasteiger partial charge is 0.0937 e. The summed E-state index contributed by atoms with van der Waals surface area (Å²) >= 11 is 1.79. The number of pyridine rings is 1. The van der Waals surface area contributed by atoms with E-state index >= 15 is 0 Å². The van der Waals surface area contributed by atoms with Crippen molar-refractivity contribution in [1.29, 1.82) is 0 Å². The molecule has 0 aromatic carbocycles. The number of hydrogen-bond donors (Lipinski definition) is 1. The maximum atomic E-state index is 10.4. The molecular weight excluding hydrogens is 254 g/mol. The van der Waals surface area contributed by atoms with Gasteiger partial charge in [-0.05, 0) is 55.9 Å². The van der Waals surface area contributed by atoms with Crippen molar-refractivity contribution in [3.8, 4) is 0 Å². The molecule has 3 rings (SSSR count). The average molecular weight is 273 g/mol. The van der Waals surface area contributed by atoms with Gasteiger partial charge in [0, 0.05) is 28.1 Å². The van der Waals surface area contributed by atoms with Crippen molar-refractivity contribution in [2.24, 2.45) is 0 Å². The second-order valence-corrected chi connectivity index (χ2v) is 6.46. The van der Waals surface area contributed by atoms with Crippen molar-refractivity contribution in [3.05, 3.63) is 51.0 Å². The molecule has 1 unspecified atom stereocenters. The van der Waals surface area contributed by atoms with E-state index in [0.29, 0.717) is 6.42 Å². The van der Waals surface area contributed by atoms with Crippen LogP contribution in [0.2, 0.25) is 0 Å². The first kappa shape index (κ1) is 12.8. The van der Waals surface area contributed by atoms with E-state index in [9.17, 15) is 5.11 Å². The predicted octanol–water partition coefficient (Wildman–Crippen LogP) is 3.61. The number of aromatic nitrogens is 1. The largest absolute Gasteiger partial charge is 0.387 e. The highest BCUT2D eigenvalue weighted by Crippen LogP contribution is 2.34. The zero-order chi connectivity index (χ0) is 13.2. The molecule has 0 saturated heterocycles. The molecule has 19 heavy (non-hydrogen) atoms. The van der Waals surface area contributed by atoms with Crippen LogP contribution in [0.1, 0.15) is 45.5 Å². The van der Waals surface area contributed by atoms with Crippen LogP contribution in [0, 0.1) is 6.92 Å². The van der Waals surface area contributed by atoms with Gasteiger partial charge >= 0.3 is 0 Å². The fourth-order valence-corrected chi connectivity index (χ4v) is 3.94. The van der Waals surface area contributed by atoms with Crippen molar-refractivity contribution in [1.82, 2.24) is 4.98 Å². The summed E-state index contributed by atoms with van der Waals surface area (Å²) in [6.07, 6.45) is 6.96. The van der Waals surface area contributed by atoms with Crippen LogP contribution in [0.25, 0.3) is 0 Å². The second-order valence-electron chi connectivity index (χ2n) is 5.29. The Bertz CT molecular complexity index is 552. The van der Waals surface area contributed by atoms with Crippen molar-refractivity contribution in [2.75, 3.05) is 0 Å². The van der Waals surface area contributed by atoms with Crippen LogP contribution in [-0.2, 0) is 19.3 Å². The normalized spacial score (nSPS) is 16.1. The van der Waals surface area contributed by atoms with Gasteiger partial charge in [-0.2, -0.15) is 0 Å². The van der Waals surface area contributed by atoms with Crippen LogP contribution in [0.15, 0.2) is 24.4 Å². The quantitative estimate of drug-likeness (QED) is 0.926. The Labute approximate surface area is 118 Å². The lowest BCUT2D eigenvalue weighted by Gasteiger charge is -2.09. The lowest BCUT2D eigenvalue weighted by Crippen LogP contribution is -2.03. The van der Waals surface area contributed by atoms with E-state index in [-0.39, 0.29) is 0 Å². The molecule has 2 aromatic heterocycles. The van der Waals surface area contributed by atoms with Crippen molar-refractivity contribution >= 4 is 11.3 Å². The monoisotopic (exact) mass is 273 g/mol. The minimum Gasteiger partial charge on any atom is -0.387 e. The summed E-state index contributed by atoms with van der Waals surface area (Å²) in [6.45, 7) is 2.05. The Morgan fingerprint density at radius 1 is 1.37 bits per heavy atom. The summed E-state index contributed by atoms with van der Waals surface area (Å²) in [7, 11) is 0. The Morgan fingerprint density at radius 3 is 3.00 bits per heavy atom. The second kappa shape index (κ2) is 5.43. The molecule has 1 aliphatic rings. The number of thiophene rings is 1. The zero-order valence-corrected chi connectivity index (χ0v) is 12.0. The number of fused-ring (bicyclic) bond motifs is 1. The fourth-order valence-electron chi connectivity index (χ4n) is 2.69. The molecular formula is C16H19NOS. The van der Waals surface area contributed by atoms with Crippen molar-refractivity contribution in [2.45, 2.75) is 45.1 Å². The molecule has 0 bridgehead atoms. The number of aliphatic hydroxyl groups is 1. The Kier molecular flexibility index (Phi) is 3.67. The van der Waals surface area contributed by atoms with Gasteiger partial charge in [-0.3, -0.25) is 4.98 Å². The molecule has 2 heterocycles. The third-order valence-electron chi connectivity index (χ3n) is 3.85. The van der Waals surface area contributed by atoms with E-state index in [1.54, 1.807) is 17.5 Å². The highest BCUT2D eigenvalue weighted by Gasteiger charge is 2.18. The molecule has 1 atom stereocenters. The lowest BCUT2D eigenvalue weighted by molar-refractivity contribution is 0.181. The van der Waals surface area contributed by atoms with Crippen LogP contribution >= 0.6 is 11.3 Å². The molecule has 1 aliphatic carbocycles. The molecule has 0 radical (unpaired) electrons. The number of aryl methyl sites for hydroxylation is 3. The van der Waals surface area contributed by atoms with Gasteiger partial charge < -0.3 is 5.11 Å². The third-order valence-corrected chi connectivity index (χ3v) is 5.19. The minimum atomic E-state index is -0.413. The first-order valence-corrected chi connectivity index (χ1v) is 7.76. The fraction of sp³-hybridized carbons (Fsp3) is 0.438. The Morgan fingerprint density at radius 2 is 2.21 bits per heavy atom. The highest BCUT2D eigenvalue weighted by atomic mass is 32.1. The van der Waals surface area contributed by atoms with E-state index in [1.807, 2.05) is 6.07 Å². The van der Waals surface area contributed by atoms with Gasteiger partial charge in [0.1, 0.15) is 0 Å². The van der Waals surface area contributed by atoms with E-state index in [0.717, 1.165) is 16.1 Å². The SMILES string of the molecule is Cc1cccnc1CC(O)c1cc2c(s1)CCCC2. The average Bonchev–Trinajstić information content (AvgIpc) is 2.85. The minimum absolute atomic E-state index is 0.413. The maximum absolute atomic E-state index is 10.4. The molecule has 0 aliphatic heterocycles. The van der Waals surface area contributed by atoms with Gasteiger partial charge in [-0.1, -0.05) is 6.07 Å². The molecule has 2 aromatic rings. The van der Waals surface area contributed by atoms with Gasteiger partial charge in [0.15, 0.2) is 0 Å². The summed E-state index contributed by atoms with van der Waals surface area (Å²) in [5, 5.41) is 10.4. The van der Waals surface area contributed by atoms with Crippen LogP contribution in [0.4, 0.5) is 0 Å². The zero-order valence-electron chi connectivity index (χ0n) is 11.2. The van der Waals surface area contributed by atoms with Gasteiger partial charge in [-0.15, -0.1) is 11.3 Å². The predicted molar refractivity (Wildman–Crippen MR) is 78.6 cm³/mol. The topological polar surface area (TPSA) is 33.1 Å². The van der Waals surface area contributed by atoms with Gasteiger partial charge in [-0.25, -0.2) is 0 Å². The van der Waals surface area contributed by atoms with E-state index in [4.69, 9.17) is 0 Å². The molecule has 2 nitrogen and oxygen atoms in total. The first-order valence-electron chi connectivity index (χ1n) is 6.94. The van der Waals surface area contributed by atoms with Crippen LogP contribution in [0.3, 0.4) is 0 Å². The summed E-state index contributed by atoms with van der Waals surface area (Å²) in [6, 6.07) is 6.20. The third kappa shape index (κ3) is 2.72. The van der Waals surface area contributed by atoms with E-state index in [1.165, 1.54) is 36.1 Å². The standard InChI is InChI=1S/C16H19NOS/c1-11-5-4-8-17-13(11)10-14(18)16-9-12-6-2-3-7-15(12)19-16/h4-5,8-9,14,18H,2-3,6-7,10H2,1H3. The molecule has 1 N–H and O–H groups in total. The maximum Gasteiger partial charge on any atom is 0.0937 e. The van der Waals surface area contributed by atoms with Gasteiger partial charge in [0.25, 0.3) is 0 Å². The summed E-state index contributed by atoms with van der Waals surface area (Å²) in [5.74, 6) is 0. The number of aliphatic hydroxyl groups excluding tert-OH is 1. The first-order chi connectivity index (χ1) is 9.24. The van der Waals surface area contributed by atoms with E-state index in [2.05, 4.69) is 24.0 Å². The summed E-state index contributed by atoms with van der Waals surface area (Å²) < 4.78 is 0. The number of rotatable bonds is 3. The van der Waals surface area contributed by atoms with Crippen LogP contribution in [-0.4, -0.2) is 10.1 Å². The van der Waals surface area contributed by atoms with Crippen LogP contribution in [0.5, 0.6) is 0 Å². The van der Waals surface area contributed by atoms with Crippen molar-refractivity contribution in [3.63, 3.8) is 0 Å². The molecule has 0 spiro atoms. The molecule has 100 valence electrons. The highest BCUT2D eigenvalue weighted by molar-refractivity contribution is 7.12. The van der Waals surface area contributed by atoms with Gasteiger partial charge in [0.05, 0.1) is 6.10 Å². The molecule has 0 amide bonds. The summed E-state index contributed by atoms with van der Waals surface area (Å²) in [5.41, 5.74) is 3.62. The number of hydrogen-bond acceptors (Lipinski definition) is 3. The molecule has 0 fully saturated rings. The van der Waals surface area contributed by atoms with E-state index < -0.39 is 6.10 Å². The van der Waals surface area contributed by atoms with Gasteiger partial charge in [0.2, 0.25) is 0 Å². The van der Waals surface area contributed by atoms with Crippen molar-refractivity contribution < 1.29 is 5.11 Å². The molecule has 3 heteroatoms. The Hall–Kier alpha value is -1.19. The van der Waals surface area contributed by atoms with Crippen LogP contribution < -0.4 is 0 Å². The number of nitrogens with zero attached hydrogens (tertiary/aromatic N) is 1. The molecule has 0 saturated carbocycles.